The van der Waals surface area contributed by atoms with Gasteiger partial charge in [-0.05, 0) is 66.2 Å². The molecule has 10 heteroatoms. The third-order valence-electron chi connectivity index (χ3n) is 4.50. The predicted octanol–water partition coefficient (Wildman–Crippen LogP) is 3.52. The van der Waals surface area contributed by atoms with Crippen molar-refractivity contribution >= 4 is 27.4 Å². The molecule has 0 atom stereocenters. The molecule has 2 aromatic heterocycles. The van der Waals surface area contributed by atoms with Crippen LogP contribution in [-0.4, -0.2) is 29.1 Å². The summed E-state index contributed by atoms with van der Waals surface area (Å²) in [5, 5.41) is 7.00. The number of pyridine rings is 1. The molecule has 0 aliphatic heterocycles. The summed E-state index contributed by atoms with van der Waals surface area (Å²) in [6, 6.07) is 15.8. The van der Waals surface area contributed by atoms with E-state index in [-0.39, 0.29) is 16.1 Å². The van der Waals surface area contributed by atoms with Gasteiger partial charge < -0.3 is 5.32 Å². The first-order valence-corrected chi connectivity index (χ1v) is 11.0. The van der Waals surface area contributed by atoms with E-state index in [2.05, 4.69) is 20.1 Å². The SMILES string of the molecule is O=C(Nc1ccn(Cc2ccncc2)n1)c1ccc(S(=O)(=O)Nc2ccc(F)cc2)cc1. The molecule has 0 spiro atoms. The first-order valence-electron chi connectivity index (χ1n) is 9.51. The Kier molecular flexibility index (Phi) is 5.95. The van der Waals surface area contributed by atoms with Crippen molar-refractivity contribution in [2.24, 2.45) is 0 Å². The number of carbonyl (C=O) groups excluding carboxylic acids is 1. The Labute approximate surface area is 183 Å². The van der Waals surface area contributed by atoms with Gasteiger partial charge in [-0.2, -0.15) is 5.10 Å². The normalized spacial score (nSPS) is 11.2. The molecule has 4 aromatic rings. The molecule has 0 saturated carbocycles. The summed E-state index contributed by atoms with van der Waals surface area (Å²) < 4.78 is 42.0. The Bertz CT molecular complexity index is 1320. The minimum atomic E-state index is -3.88. The fourth-order valence-corrected chi connectivity index (χ4v) is 3.96. The first kappa shape index (κ1) is 21.2. The van der Waals surface area contributed by atoms with Crippen LogP contribution in [0.4, 0.5) is 15.9 Å². The van der Waals surface area contributed by atoms with Gasteiger partial charge in [-0.25, -0.2) is 12.8 Å². The van der Waals surface area contributed by atoms with E-state index in [1.807, 2.05) is 12.1 Å². The van der Waals surface area contributed by atoms with Crippen LogP contribution in [0.3, 0.4) is 0 Å². The maximum Gasteiger partial charge on any atom is 0.261 e. The average Bonchev–Trinajstić information content (AvgIpc) is 3.22. The van der Waals surface area contributed by atoms with Crippen molar-refractivity contribution in [2.45, 2.75) is 11.4 Å². The molecule has 0 unspecified atom stereocenters. The molecule has 0 saturated heterocycles. The van der Waals surface area contributed by atoms with Crippen molar-refractivity contribution in [3.8, 4) is 0 Å². The number of anilines is 2. The predicted molar refractivity (Wildman–Crippen MR) is 117 cm³/mol. The van der Waals surface area contributed by atoms with E-state index in [0.29, 0.717) is 12.4 Å². The lowest BCUT2D eigenvalue weighted by Crippen LogP contribution is -2.15. The van der Waals surface area contributed by atoms with Gasteiger partial charge in [-0.1, -0.05) is 0 Å². The van der Waals surface area contributed by atoms with Crippen LogP contribution in [0.25, 0.3) is 0 Å². The van der Waals surface area contributed by atoms with E-state index in [1.54, 1.807) is 29.3 Å². The van der Waals surface area contributed by atoms with Gasteiger partial charge in [-0.15, -0.1) is 0 Å². The third kappa shape index (κ3) is 5.16. The number of nitrogens with one attached hydrogen (secondary N) is 2. The molecule has 8 nitrogen and oxygen atoms in total. The average molecular weight is 451 g/mol. The summed E-state index contributed by atoms with van der Waals surface area (Å²) in [6.45, 7) is 0.534. The van der Waals surface area contributed by atoms with Gasteiger partial charge in [0.2, 0.25) is 0 Å². The summed E-state index contributed by atoms with van der Waals surface area (Å²) in [5.74, 6) is -0.515. The maximum absolute atomic E-state index is 13.0. The van der Waals surface area contributed by atoms with Gasteiger partial charge in [0.15, 0.2) is 5.82 Å². The number of rotatable bonds is 7. The second kappa shape index (κ2) is 8.98. The molecule has 1 amide bonds. The number of carbonyl (C=O) groups is 1. The minimum Gasteiger partial charge on any atom is -0.305 e. The Morgan fingerprint density at radius 3 is 2.31 bits per heavy atom. The van der Waals surface area contributed by atoms with E-state index in [9.17, 15) is 17.6 Å². The number of nitrogens with zero attached hydrogens (tertiary/aromatic N) is 3. The summed E-state index contributed by atoms with van der Waals surface area (Å²) in [5.41, 5.74) is 1.53. The molecule has 0 aliphatic carbocycles. The molecule has 162 valence electrons. The van der Waals surface area contributed by atoms with Crippen molar-refractivity contribution in [1.82, 2.24) is 14.8 Å². The fourth-order valence-electron chi connectivity index (χ4n) is 2.90. The highest BCUT2D eigenvalue weighted by molar-refractivity contribution is 7.92. The summed E-state index contributed by atoms with van der Waals surface area (Å²) in [7, 11) is -3.88. The summed E-state index contributed by atoms with van der Waals surface area (Å²) in [6.07, 6.45) is 5.13. The molecule has 2 heterocycles. The van der Waals surface area contributed by atoms with Crippen LogP contribution in [0.2, 0.25) is 0 Å². The summed E-state index contributed by atoms with van der Waals surface area (Å²) >= 11 is 0. The molecule has 0 bridgehead atoms. The Balaban J connectivity index is 1.40. The smallest absolute Gasteiger partial charge is 0.261 e. The Hall–Kier alpha value is -4.05. The Morgan fingerprint density at radius 1 is 0.938 bits per heavy atom. The van der Waals surface area contributed by atoms with Gasteiger partial charge >= 0.3 is 0 Å². The monoisotopic (exact) mass is 451 g/mol. The van der Waals surface area contributed by atoms with Crippen molar-refractivity contribution in [3.63, 3.8) is 0 Å². The van der Waals surface area contributed by atoms with E-state index < -0.39 is 21.7 Å². The molecule has 2 aromatic carbocycles. The van der Waals surface area contributed by atoms with Crippen LogP contribution in [0, 0.1) is 5.82 Å². The van der Waals surface area contributed by atoms with Gasteiger partial charge in [0.05, 0.1) is 11.4 Å². The lowest BCUT2D eigenvalue weighted by Gasteiger charge is -2.09. The number of sulfonamides is 1. The largest absolute Gasteiger partial charge is 0.305 e. The van der Waals surface area contributed by atoms with Crippen LogP contribution in [0.5, 0.6) is 0 Å². The number of halogens is 1. The van der Waals surface area contributed by atoms with Gasteiger partial charge in [0.25, 0.3) is 15.9 Å². The highest BCUT2D eigenvalue weighted by Crippen LogP contribution is 2.17. The first-order chi connectivity index (χ1) is 15.4. The van der Waals surface area contributed by atoms with Crippen LogP contribution >= 0.6 is 0 Å². The van der Waals surface area contributed by atoms with Crippen molar-refractivity contribution < 1.29 is 17.6 Å². The number of hydrogen-bond donors (Lipinski definition) is 2. The molecular weight excluding hydrogens is 433 g/mol. The fraction of sp³-hybridized carbons (Fsp3) is 0.0455. The molecule has 32 heavy (non-hydrogen) atoms. The van der Waals surface area contributed by atoms with Crippen molar-refractivity contribution in [1.29, 1.82) is 0 Å². The van der Waals surface area contributed by atoms with Crippen molar-refractivity contribution in [2.75, 3.05) is 10.0 Å². The molecule has 0 fully saturated rings. The highest BCUT2D eigenvalue weighted by atomic mass is 32.2. The zero-order chi connectivity index (χ0) is 22.6. The van der Waals surface area contributed by atoms with E-state index in [0.717, 1.165) is 17.7 Å². The second-order valence-electron chi connectivity index (χ2n) is 6.84. The van der Waals surface area contributed by atoms with E-state index in [1.165, 1.54) is 36.4 Å². The van der Waals surface area contributed by atoms with Gasteiger partial charge in [0.1, 0.15) is 5.82 Å². The number of amides is 1. The number of aromatic nitrogens is 3. The third-order valence-corrected chi connectivity index (χ3v) is 5.90. The maximum atomic E-state index is 13.0. The van der Waals surface area contributed by atoms with Gasteiger partial charge in [-0.3, -0.25) is 19.2 Å². The van der Waals surface area contributed by atoms with E-state index >= 15 is 0 Å². The number of benzene rings is 2. The van der Waals surface area contributed by atoms with Crippen LogP contribution in [0.15, 0.2) is 90.2 Å². The van der Waals surface area contributed by atoms with E-state index in [4.69, 9.17) is 0 Å². The van der Waals surface area contributed by atoms with Crippen LogP contribution in [0.1, 0.15) is 15.9 Å². The zero-order valence-corrected chi connectivity index (χ0v) is 17.5. The highest BCUT2D eigenvalue weighted by Gasteiger charge is 2.16. The van der Waals surface area contributed by atoms with Crippen molar-refractivity contribution in [3.05, 3.63) is 102 Å². The van der Waals surface area contributed by atoms with Crippen LogP contribution in [-0.2, 0) is 16.6 Å². The van der Waals surface area contributed by atoms with Crippen LogP contribution < -0.4 is 10.0 Å². The molecule has 4 rings (SSSR count). The molecular formula is C22H18FN5O3S. The molecule has 0 aliphatic rings. The lowest BCUT2D eigenvalue weighted by atomic mass is 10.2. The Morgan fingerprint density at radius 2 is 1.62 bits per heavy atom. The minimum absolute atomic E-state index is 0.0278. The lowest BCUT2D eigenvalue weighted by molar-refractivity contribution is 0.102. The quantitative estimate of drug-likeness (QED) is 0.447. The second-order valence-corrected chi connectivity index (χ2v) is 8.53. The zero-order valence-electron chi connectivity index (χ0n) is 16.6. The molecule has 0 radical (unpaired) electrons. The molecule has 2 N–H and O–H groups in total. The topological polar surface area (TPSA) is 106 Å². The van der Waals surface area contributed by atoms with Gasteiger partial charge in [0, 0.05) is 35.9 Å². The summed E-state index contributed by atoms with van der Waals surface area (Å²) in [4.78, 5) is 16.4. The number of hydrogen-bond acceptors (Lipinski definition) is 5. The standard InChI is InChI=1S/C22H18FN5O3S/c23-18-3-5-19(6-4-18)27-32(30,31)20-7-1-17(2-8-20)22(29)25-21-11-14-28(26-21)15-16-9-12-24-13-10-16/h1-14,27H,15H2,(H,25,26,29).